The summed E-state index contributed by atoms with van der Waals surface area (Å²) in [4.78, 5) is 34.2. The second-order valence-electron chi connectivity index (χ2n) is 6.87. The Bertz CT molecular complexity index is 1130. The number of hydrogen-bond donors (Lipinski definition) is 2. The summed E-state index contributed by atoms with van der Waals surface area (Å²) in [6.45, 7) is 2.23. The topological polar surface area (TPSA) is 74.8 Å². The molecule has 2 aromatic heterocycles. The first-order valence-corrected chi connectivity index (χ1v) is 11.4. The Morgan fingerprint density at radius 1 is 1.39 bits per heavy atom. The van der Waals surface area contributed by atoms with Gasteiger partial charge in [0.2, 0.25) is 5.91 Å². The van der Waals surface area contributed by atoms with Gasteiger partial charge in [-0.25, -0.2) is 4.98 Å². The highest BCUT2D eigenvalue weighted by Crippen LogP contribution is 2.36. The second-order valence-corrected chi connectivity index (χ2v) is 9.73. The van der Waals surface area contributed by atoms with Crippen molar-refractivity contribution >= 4 is 68.1 Å². The van der Waals surface area contributed by atoms with E-state index < -0.39 is 0 Å². The number of anilines is 1. The number of rotatable bonds is 4. The quantitative estimate of drug-likeness (QED) is 0.423. The first-order valence-electron chi connectivity index (χ1n) is 8.83. The number of thioether (sulfide) groups is 1. The number of carbonyl (C=O) groups is 1. The van der Waals surface area contributed by atoms with Gasteiger partial charge in [0.1, 0.15) is 4.83 Å². The number of aromatic amines is 1. The minimum absolute atomic E-state index is 0.121. The number of carbonyl (C=O) groups excluding carboxylic acids is 1. The molecule has 1 aliphatic carbocycles. The molecule has 0 saturated heterocycles. The molecule has 2 N–H and O–H groups in total. The summed E-state index contributed by atoms with van der Waals surface area (Å²) in [6, 6.07) is 4.90. The summed E-state index contributed by atoms with van der Waals surface area (Å²) < 4.78 is 0. The lowest BCUT2D eigenvalue weighted by Crippen LogP contribution is -2.16. The number of thiophene rings is 1. The van der Waals surface area contributed by atoms with Crippen LogP contribution in [0.25, 0.3) is 10.2 Å². The number of fused-ring (bicyclic) bond motifs is 3. The Balaban J connectivity index is 1.48. The van der Waals surface area contributed by atoms with Crippen molar-refractivity contribution in [2.75, 3.05) is 11.1 Å². The Morgan fingerprint density at radius 3 is 3.00 bits per heavy atom. The molecular formula is C19H17Cl2N3O2S2. The number of nitrogens with zero attached hydrogens (tertiary/aromatic N) is 1. The van der Waals surface area contributed by atoms with Gasteiger partial charge in [-0.15, -0.1) is 11.3 Å². The summed E-state index contributed by atoms with van der Waals surface area (Å²) in [5.74, 6) is 0.542. The van der Waals surface area contributed by atoms with Crippen molar-refractivity contribution < 1.29 is 4.79 Å². The predicted molar refractivity (Wildman–Crippen MR) is 117 cm³/mol. The molecule has 0 fully saturated rings. The molecule has 4 rings (SSSR count). The monoisotopic (exact) mass is 453 g/mol. The fraction of sp³-hybridized carbons (Fsp3) is 0.316. The molecule has 146 valence electrons. The Hall–Kier alpha value is -1.54. The van der Waals surface area contributed by atoms with E-state index in [9.17, 15) is 9.59 Å². The molecule has 1 aromatic carbocycles. The van der Waals surface area contributed by atoms with Gasteiger partial charge in [0, 0.05) is 10.6 Å². The summed E-state index contributed by atoms with van der Waals surface area (Å²) in [7, 11) is 0. The second kappa shape index (κ2) is 8.06. The molecule has 0 radical (unpaired) electrons. The van der Waals surface area contributed by atoms with Gasteiger partial charge in [-0.3, -0.25) is 9.59 Å². The van der Waals surface area contributed by atoms with Crippen LogP contribution in [-0.2, 0) is 17.6 Å². The highest BCUT2D eigenvalue weighted by atomic mass is 35.5. The van der Waals surface area contributed by atoms with Crippen LogP contribution in [0.5, 0.6) is 0 Å². The first kappa shape index (κ1) is 19.8. The number of nitrogens with one attached hydrogen (secondary N) is 2. The molecule has 1 aliphatic rings. The average molecular weight is 454 g/mol. The minimum atomic E-state index is -0.217. The number of aryl methyl sites for hydroxylation is 1. The SMILES string of the molecule is CC1CCc2c(sc3nc(SCC(=O)Nc4ccc(Cl)c(Cl)c4)[nH]c(=O)c23)C1. The molecule has 28 heavy (non-hydrogen) atoms. The maximum Gasteiger partial charge on any atom is 0.260 e. The molecule has 0 spiro atoms. The minimum Gasteiger partial charge on any atom is -0.325 e. The van der Waals surface area contributed by atoms with Crippen molar-refractivity contribution in [3.8, 4) is 0 Å². The summed E-state index contributed by atoms with van der Waals surface area (Å²) >= 11 is 14.6. The largest absolute Gasteiger partial charge is 0.325 e. The van der Waals surface area contributed by atoms with Crippen LogP contribution < -0.4 is 10.9 Å². The number of amides is 1. The third kappa shape index (κ3) is 4.08. The van der Waals surface area contributed by atoms with E-state index in [0.29, 0.717) is 26.8 Å². The summed E-state index contributed by atoms with van der Waals surface area (Å²) in [5.41, 5.74) is 1.60. The maximum absolute atomic E-state index is 12.6. The van der Waals surface area contributed by atoms with Crippen LogP contribution >= 0.6 is 46.3 Å². The molecule has 5 nitrogen and oxygen atoms in total. The lowest BCUT2D eigenvalue weighted by molar-refractivity contribution is -0.113. The van der Waals surface area contributed by atoms with Crippen molar-refractivity contribution in [1.29, 1.82) is 0 Å². The third-order valence-electron chi connectivity index (χ3n) is 4.69. The standard InChI is InChI=1S/C19H17Cl2N3O2S2/c1-9-2-4-11-14(6-9)28-18-16(11)17(26)23-19(24-18)27-8-15(25)22-10-3-5-12(20)13(21)7-10/h3,5,7,9H,2,4,6,8H2,1H3,(H,22,25)(H,23,24,26). The normalized spacial score (nSPS) is 16.2. The van der Waals surface area contributed by atoms with Crippen LogP contribution in [0.1, 0.15) is 23.8 Å². The van der Waals surface area contributed by atoms with Crippen LogP contribution in [0.2, 0.25) is 10.0 Å². The van der Waals surface area contributed by atoms with E-state index in [1.54, 1.807) is 29.5 Å². The zero-order chi connectivity index (χ0) is 19.8. The third-order valence-corrected chi connectivity index (χ3v) is 7.45. The molecule has 2 heterocycles. The number of benzene rings is 1. The van der Waals surface area contributed by atoms with E-state index in [0.717, 1.165) is 35.0 Å². The molecule has 0 aliphatic heterocycles. The first-order chi connectivity index (χ1) is 13.4. The molecule has 1 atom stereocenters. The zero-order valence-electron chi connectivity index (χ0n) is 15.0. The predicted octanol–water partition coefficient (Wildman–Crippen LogP) is 5.15. The molecular weight excluding hydrogens is 437 g/mol. The molecule has 0 bridgehead atoms. The van der Waals surface area contributed by atoms with Crippen molar-refractivity contribution in [2.24, 2.45) is 5.92 Å². The molecule has 1 amide bonds. The number of aromatic nitrogens is 2. The Labute approximate surface area is 179 Å². The van der Waals surface area contributed by atoms with Crippen molar-refractivity contribution in [2.45, 2.75) is 31.3 Å². The van der Waals surface area contributed by atoms with Crippen LogP contribution in [0, 0.1) is 5.92 Å². The Kier molecular flexibility index (Phi) is 5.69. The van der Waals surface area contributed by atoms with E-state index in [4.69, 9.17) is 23.2 Å². The number of hydrogen-bond acceptors (Lipinski definition) is 5. The zero-order valence-corrected chi connectivity index (χ0v) is 18.1. The van der Waals surface area contributed by atoms with E-state index in [-0.39, 0.29) is 17.2 Å². The lowest BCUT2D eigenvalue weighted by atomic mass is 9.89. The van der Waals surface area contributed by atoms with Crippen LogP contribution in [0.15, 0.2) is 28.2 Å². The summed E-state index contributed by atoms with van der Waals surface area (Å²) in [6.07, 6.45) is 3.04. The van der Waals surface area contributed by atoms with E-state index in [1.807, 2.05) is 0 Å². The maximum atomic E-state index is 12.6. The number of H-pyrrole nitrogens is 1. The van der Waals surface area contributed by atoms with Crippen molar-refractivity contribution in [3.05, 3.63) is 49.0 Å². The highest BCUT2D eigenvalue weighted by molar-refractivity contribution is 7.99. The van der Waals surface area contributed by atoms with Gasteiger partial charge in [-0.05, 0) is 48.9 Å². The Morgan fingerprint density at radius 2 is 2.21 bits per heavy atom. The average Bonchev–Trinajstić information content (AvgIpc) is 3.00. The number of halogens is 2. The van der Waals surface area contributed by atoms with Crippen molar-refractivity contribution in [3.63, 3.8) is 0 Å². The van der Waals surface area contributed by atoms with Gasteiger partial charge < -0.3 is 10.3 Å². The van der Waals surface area contributed by atoms with Crippen LogP contribution in [0.4, 0.5) is 5.69 Å². The smallest absolute Gasteiger partial charge is 0.260 e. The molecule has 1 unspecified atom stereocenters. The highest BCUT2D eigenvalue weighted by Gasteiger charge is 2.23. The molecule has 9 heteroatoms. The van der Waals surface area contributed by atoms with Crippen LogP contribution in [-0.4, -0.2) is 21.6 Å². The van der Waals surface area contributed by atoms with Crippen LogP contribution in [0.3, 0.4) is 0 Å². The van der Waals surface area contributed by atoms with Crippen molar-refractivity contribution in [1.82, 2.24) is 9.97 Å². The van der Waals surface area contributed by atoms with Gasteiger partial charge >= 0.3 is 0 Å². The van der Waals surface area contributed by atoms with Gasteiger partial charge in [-0.1, -0.05) is 41.9 Å². The van der Waals surface area contributed by atoms with Gasteiger partial charge in [0.25, 0.3) is 5.56 Å². The van der Waals surface area contributed by atoms with E-state index in [1.165, 1.54) is 16.6 Å². The fourth-order valence-corrected chi connectivity index (χ4v) is 5.70. The van der Waals surface area contributed by atoms with Gasteiger partial charge in [0.15, 0.2) is 5.16 Å². The van der Waals surface area contributed by atoms with E-state index >= 15 is 0 Å². The lowest BCUT2D eigenvalue weighted by Gasteiger charge is -2.17. The van der Waals surface area contributed by atoms with Gasteiger partial charge in [0.05, 0.1) is 21.2 Å². The van der Waals surface area contributed by atoms with E-state index in [2.05, 4.69) is 22.2 Å². The molecule has 0 saturated carbocycles. The fourth-order valence-electron chi connectivity index (χ4n) is 3.30. The molecule has 3 aromatic rings. The van der Waals surface area contributed by atoms with Gasteiger partial charge in [-0.2, -0.15) is 0 Å². The summed E-state index contributed by atoms with van der Waals surface area (Å²) in [5, 5.41) is 4.73.